The minimum absolute atomic E-state index is 0.0998. The van der Waals surface area contributed by atoms with E-state index in [1.807, 2.05) is 0 Å². The number of carbonyl (C=O) groups excluding carboxylic acids is 1. The Morgan fingerprint density at radius 1 is 1.20 bits per heavy atom. The van der Waals surface area contributed by atoms with E-state index >= 15 is 0 Å². The molecule has 0 radical (unpaired) electrons. The predicted molar refractivity (Wildman–Crippen MR) is 118 cm³/mol. The molecular weight excluding hydrogens is 376 g/mol. The van der Waals surface area contributed by atoms with E-state index in [1.165, 1.54) is 29.7 Å². The molecule has 2 heterocycles. The Bertz CT molecular complexity index is 832. The van der Waals surface area contributed by atoms with Gasteiger partial charge in [0.15, 0.2) is 0 Å². The fourth-order valence-corrected chi connectivity index (χ4v) is 7.30. The van der Waals surface area contributed by atoms with E-state index in [1.54, 1.807) is 6.92 Å². The number of rotatable bonds is 3. The molecule has 5 heteroatoms. The number of amides is 1. The van der Waals surface area contributed by atoms with Crippen molar-refractivity contribution in [1.82, 2.24) is 5.32 Å². The highest BCUT2D eigenvalue weighted by Crippen LogP contribution is 2.70. The maximum absolute atomic E-state index is 12.1. The lowest BCUT2D eigenvalue weighted by Gasteiger charge is -2.53. The molecule has 2 aliphatic carbocycles. The van der Waals surface area contributed by atoms with Crippen LogP contribution in [0.25, 0.3) is 0 Å². The Morgan fingerprint density at radius 3 is 2.67 bits per heavy atom. The minimum atomic E-state index is 0.0998. The number of nitrogens with zero attached hydrogens (tertiary/aromatic N) is 1. The molecule has 5 nitrogen and oxygen atoms in total. The Labute approximate surface area is 180 Å². The zero-order chi connectivity index (χ0) is 21.1. The molecule has 1 aromatic rings. The molecule has 2 saturated heterocycles. The van der Waals surface area contributed by atoms with Crippen LogP contribution in [0.4, 0.5) is 5.69 Å². The zero-order valence-corrected chi connectivity index (χ0v) is 18.9. The van der Waals surface area contributed by atoms with Gasteiger partial charge >= 0.3 is 0 Å². The summed E-state index contributed by atoms with van der Waals surface area (Å²) in [4.78, 5) is 14.5. The van der Waals surface area contributed by atoms with Crippen LogP contribution in [-0.2, 0) is 14.3 Å². The van der Waals surface area contributed by atoms with Crippen LogP contribution in [0.1, 0.15) is 57.3 Å². The van der Waals surface area contributed by atoms with E-state index in [0.29, 0.717) is 11.8 Å². The summed E-state index contributed by atoms with van der Waals surface area (Å²) in [5.74, 6) is 1.23. The summed E-state index contributed by atoms with van der Waals surface area (Å²) in [7, 11) is 0. The molecule has 0 aromatic heterocycles. The summed E-state index contributed by atoms with van der Waals surface area (Å²) < 4.78 is 12.0. The van der Waals surface area contributed by atoms with Crippen LogP contribution in [-0.4, -0.2) is 44.9 Å². The van der Waals surface area contributed by atoms with Crippen LogP contribution in [0.2, 0.25) is 0 Å². The number of fused-ring (bicyclic) bond motifs is 1. The smallest absolute Gasteiger partial charge is 0.217 e. The molecule has 1 amide bonds. The normalized spacial score (nSPS) is 37.1. The van der Waals surface area contributed by atoms with Gasteiger partial charge in [0.25, 0.3) is 0 Å². The number of hydrogen-bond donors (Lipinski definition) is 1. The predicted octanol–water partition coefficient (Wildman–Crippen LogP) is 3.85. The Kier molecular flexibility index (Phi) is 4.90. The number of aryl methyl sites for hydroxylation is 1. The maximum atomic E-state index is 12.1. The molecule has 1 N–H and O–H groups in total. The number of morpholine rings is 1. The highest BCUT2D eigenvalue weighted by atomic mass is 16.5. The topological polar surface area (TPSA) is 50.8 Å². The van der Waals surface area contributed by atoms with Gasteiger partial charge in [-0.05, 0) is 72.1 Å². The van der Waals surface area contributed by atoms with Crippen LogP contribution in [0.5, 0.6) is 0 Å². The van der Waals surface area contributed by atoms with Crippen molar-refractivity contribution in [2.24, 2.45) is 22.7 Å². The van der Waals surface area contributed by atoms with E-state index in [9.17, 15) is 4.79 Å². The second kappa shape index (κ2) is 7.23. The first-order valence-corrected chi connectivity index (χ1v) is 11.6. The van der Waals surface area contributed by atoms with Crippen molar-refractivity contribution < 1.29 is 14.3 Å². The Hall–Kier alpha value is -1.59. The maximum Gasteiger partial charge on any atom is 0.217 e. The lowest BCUT2D eigenvalue weighted by Crippen LogP contribution is -2.58. The summed E-state index contributed by atoms with van der Waals surface area (Å²) in [5, 5.41) is 3.38. The molecule has 30 heavy (non-hydrogen) atoms. The number of anilines is 1. The summed E-state index contributed by atoms with van der Waals surface area (Å²) >= 11 is 0. The van der Waals surface area contributed by atoms with E-state index < -0.39 is 0 Å². The summed E-state index contributed by atoms with van der Waals surface area (Å²) in [6.45, 7) is 12.9. The number of nitrogens with one attached hydrogen (secondary N) is 1. The first-order chi connectivity index (χ1) is 14.3. The first-order valence-electron chi connectivity index (χ1n) is 11.6. The number of benzene rings is 1. The third-order valence-corrected chi connectivity index (χ3v) is 8.79. The van der Waals surface area contributed by atoms with Gasteiger partial charge in [-0.1, -0.05) is 19.9 Å². The van der Waals surface area contributed by atoms with Gasteiger partial charge < -0.3 is 19.7 Å². The van der Waals surface area contributed by atoms with Gasteiger partial charge in [-0.25, -0.2) is 0 Å². The second-order valence-electron chi connectivity index (χ2n) is 10.6. The van der Waals surface area contributed by atoms with E-state index in [4.69, 9.17) is 9.47 Å². The average Bonchev–Trinajstić information content (AvgIpc) is 3.21. The number of hydrogen-bond acceptors (Lipinski definition) is 4. The van der Waals surface area contributed by atoms with E-state index in [0.717, 1.165) is 39.3 Å². The Balaban J connectivity index is 1.45. The zero-order valence-electron chi connectivity index (χ0n) is 18.9. The van der Waals surface area contributed by atoms with Gasteiger partial charge in [0.05, 0.1) is 19.3 Å². The van der Waals surface area contributed by atoms with Crippen molar-refractivity contribution in [2.75, 3.05) is 37.8 Å². The first kappa shape index (κ1) is 20.3. The van der Waals surface area contributed by atoms with Crippen molar-refractivity contribution in [3.05, 3.63) is 29.3 Å². The Morgan fingerprint density at radius 2 is 1.97 bits per heavy atom. The molecule has 5 rings (SSSR count). The van der Waals surface area contributed by atoms with Gasteiger partial charge in [-0.2, -0.15) is 0 Å². The van der Waals surface area contributed by atoms with Gasteiger partial charge in [0, 0.05) is 38.3 Å². The monoisotopic (exact) mass is 412 g/mol. The SMILES string of the molecule is CC(=O)N[C@@H]1C(C)(C)[C@@H]2C[C@@H]3[C@@H](c4ccc(N5CCOCC5)cc4C)OCCC31C2. The van der Waals surface area contributed by atoms with Crippen molar-refractivity contribution in [3.63, 3.8) is 0 Å². The van der Waals surface area contributed by atoms with Crippen molar-refractivity contribution in [1.29, 1.82) is 0 Å². The molecule has 5 atom stereocenters. The standard InChI is InChI=1S/C25H36N2O3/c1-16-13-19(27-8-11-29-12-9-27)5-6-20(16)22-21-14-18-15-25(21,7-10-30-22)23(24(18,3)4)26-17(2)28/h5-6,13,18,21-23H,7-12,14-15H2,1-4H3,(H,26,28)/t18-,21-,22-,23-,25?/m1/s1. The molecule has 1 aromatic carbocycles. The van der Waals surface area contributed by atoms with Crippen LogP contribution in [0.15, 0.2) is 18.2 Å². The largest absolute Gasteiger partial charge is 0.378 e. The molecule has 2 saturated carbocycles. The second-order valence-corrected chi connectivity index (χ2v) is 10.6. The molecule has 4 aliphatic rings. The van der Waals surface area contributed by atoms with Crippen LogP contribution in [0, 0.1) is 29.6 Å². The third kappa shape index (κ3) is 3.00. The average molecular weight is 413 g/mol. The fraction of sp³-hybridized carbons (Fsp3) is 0.720. The van der Waals surface area contributed by atoms with Crippen molar-refractivity contribution in [2.45, 2.75) is 59.1 Å². The highest BCUT2D eigenvalue weighted by Gasteiger charge is 2.68. The molecule has 164 valence electrons. The molecule has 2 bridgehead atoms. The minimum Gasteiger partial charge on any atom is -0.378 e. The number of ether oxygens (including phenoxy) is 2. The summed E-state index contributed by atoms with van der Waals surface area (Å²) in [6, 6.07) is 7.13. The summed E-state index contributed by atoms with van der Waals surface area (Å²) in [6.07, 6.45) is 3.62. The van der Waals surface area contributed by atoms with Gasteiger partial charge in [0.1, 0.15) is 0 Å². The van der Waals surface area contributed by atoms with Crippen molar-refractivity contribution >= 4 is 11.6 Å². The molecule has 4 fully saturated rings. The van der Waals surface area contributed by atoms with Gasteiger partial charge in [-0.3, -0.25) is 4.79 Å². The third-order valence-electron chi connectivity index (χ3n) is 8.79. The molecule has 1 unspecified atom stereocenters. The summed E-state index contributed by atoms with van der Waals surface area (Å²) in [5.41, 5.74) is 4.26. The molecule has 2 aliphatic heterocycles. The lowest BCUT2D eigenvalue weighted by atomic mass is 9.58. The molecule has 1 spiro atoms. The van der Waals surface area contributed by atoms with Gasteiger partial charge in [-0.15, -0.1) is 0 Å². The van der Waals surface area contributed by atoms with E-state index in [-0.39, 0.29) is 28.9 Å². The molecular formula is C25H36N2O3. The quantitative estimate of drug-likeness (QED) is 0.819. The van der Waals surface area contributed by atoms with Crippen LogP contribution >= 0.6 is 0 Å². The highest BCUT2D eigenvalue weighted by molar-refractivity contribution is 5.73. The number of carbonyl (C=O) groups is 1. The van der Waals surface area contributed by atoms with E-state index in [2.05, 4.69) is 49.2 Å². The fourth-order valence-electron chi connectivity index (χ4n) is 7.30. The van der Waals surface area contributed by atoms with Crippen LogP contribution < -0.4 is 10.2 Å². The van der Waals surface area contributed by atoms with Gasteiger partial charge in [0.2, 0.25) is 5.91 Å². The van der Waals surface area contributed by atoms with Crippen molar-refractivity contribution in [3.8, 4) is 0 Å². The lowest BCUT2D eigenvalue weighted by molar-refractivity contribution is -0.136. The van der Waals surface area contributed by atoms with Crippen LogP contribution in [0.3, 0.4) is 0 Å².